The number of halogens is 1. The number of hydrogen-bond acceptors (Lipinski definition) is 4. The van der Waals surface area contributed by atoms with Crippen LogP contribution in [0.15, 0.2) is 24.4 Å². The maximum Gasteiger partial charge on any atom is 0.0823 e. The van der Waals surface area contributed by atoms with Gasteiger partial charge >= 0.3 is 0 Å². The molecule has 0 bridgehead atoms. The van der Waals surface area contributed by atoms with Crippen LogP contribution >= 0.6 is 30.3 Å². The van der Waals surface area contributed by atoms with Crippen molar-refractivity contribution >= 4 is 41.2 Å². The van der Waals surface area contributed by atoms with E-state index in [1.165, 1.54) is 16.5 Å². The van der Waals surface area contributed by atoms with Crippen molar-refractivity contribution in [1.82, 2.24) is 14.1 Å². The van der Waals surface area contributed by atoms with E-state index in [4.69, 9.17) is 5.73 Å². The molecule has 0 amide bonds. The van der Waals surface area contributed by atoms with E-state index in [0.717, 1.165) is 6.42 Å². The highest BCUT2D eigenvalue weighted by molar-refractivity contribution is 14.2. The molecule has 0 aliphatic carbocycles. The molecule has 1 heterocycles. The quantitative estimate of drug-likeness (QED) is 0.814. The Morgan fingerprint density at radius 3 is 2.89 bits per heavy atom. The largest absolute Gasteiger partial charge is 0.329 e. The molecule has 2 aromatic rings. The molecule has 0 saturated carbocycles. The van der Waals surface area contributed by atoms with E-state index in [2.05, 4.69) is 63.5 Å². The second kappa shape index (κ2) is 6.23. The monoisotopic (exact) mass is 376 g/mol. The number of benzene rings is 1. The Bertz CT molecular complexity index is 526. The molecule has 18 heavy (non-hydrogen) atoms. The fourth-order valence-electron chi connectivity index (χ4n) is 1.97. The molecular formula is C12H17IN4S. The summed E-state index contributed by atoms with van der Waals surface area (Å²) in [5.41, 5.74) is 8.28. The number of aromatic nitrogens is 2. The number of rotatable bonds is 5. The molecule has 0 saturated heterocycles. The SMILES string of the molecule is CN(C)C(CN)Cc1ccc2cnn(SI)c2c1. The van der Waals surface area contributed by atoms with Crippen molar-refractivity contribution in [3.63, 3.8) is 0 Å². The van der Waals surface area contributed by atoms with Crippen molar-refractivity contribution in [3.05, 3.63) is 30.0 Å². The van der Waals surface area contributed by atoms with Gasteiger partial charge in [0, 0.05) is 48.3 Å². The van der Waals surface area contributed by atoms with Crippen LogP contribution in [-0.2, 0) is 6.42 Å². The van der Waals surface area contributed by atoms with Crippen LogP contribution in [0.25, 0.3) is 10.9 Å². The standard InChI is InChI=1S/C12H17IN4S/c1-16(2)11(7-14)5-9-3-4-10-8-15-17(18-13)12(10)6-9/h3-4,6,8,11H,5,7,14H2,1-2H3. The minimum atomic E-state index is 0.381. The molecule has 0 spiro atoms. The van der Waals surface area contributed by atoms with Gasteiger partial charge in [-0.2, -0.15) is 9.19 Å². The highest BCUT2D eigenvalue weighted by Gasteiger charge is 2.11. The van der Waals surface area contributed by atoms with Gasteiger partial charge in [0.05, 0.1) is 11.7 Å². The molecule has 0 fully saturated rings. The second-order valence-corrected chi connectivity index (χ2v) is 6.20. The fraction of sp³-hybridized carbons (Fsp3) is 0.417. The predicted octanol–water partition coefficient (Wildman–Crippen LogP) is 2.31. The third kappa shape index (κ3) is 2.98. The van der Waals surface area contributed by atoms with Gasteiger partial charge in [0.2, 0.25) is 0 Å². The van der Waals surface area contributed by atoms with E-state index in [1.54, 1.807) is 9.12 Å². The fourth-order valence-corrected chi connectivity index (χ4v) is 3.23. The van der Waals surface area contributed by atoms with E-state index in [-0.39, 0.29) is 0 Å². The van der Waals surface area contributed by atoms with Crippen LogP contribution in [0.2, 0.25) is 0 Å². The normalized spacial score (nSPS) is 13.4. The molecule has 98 valence electrons. The van der Waals surface area contributed by atoms with Gasteiger partial charge in [-0.25, -0.2) is 0 Å². The minimum absolute atomic E-state index is 0.381. The van der Waals surface area contributed by atoms with Gasteiger partial charge in [0.15, 0.2) is 0 Å². The smallest absolute Gasteiger partial charge is 0.0823 e. The molecular weight excluding hydrogens is 359 g/mol. The van der Waals surface area contributed by atoms with Crippen molar-refractivity contribution < 1.29 is 0 Å². The zero-order chi connectivity index (χ0) is 13.1. The molecule has 0 radical (unpaired) electrons. The third-order valence-electron chi connectivity index (χ3n) is 3.14. The Balaban J connectivity index is 2.28. The number of nitrogens with zero attached hydrogens (tertiary/aromatic N) is 3. The molecule has 2 rings (SSSR count). The average molecular weight is 376 g/mol. The van der Waals surface area contributed by atoms with E-state index >= 15 is 0 Å². The molecule has 0 aliphatic rings. The summed E-state index contributed by atoms with van der Waals surface area (Å²) in [6.45, 7) is 0.672. The lowest BCUT2D eigenvalue weighted by atomic mass is 10.0. The Morgan fingerprint density at radius 1 is 1.50 bits per heavy atom. The van der Waals surface area contributed by atoms with Crippen LogP contribution in [0.1, 0.15) is 5.56 Å². The maximum atomic E-state index is 5.81. The van der Waals surface area contributed by atoms with Crippen molar-refractivity contribution in [2.75, 3.05) is 20.6 Å². The Morgan fingerprint density at radius 2 is 2.28 bits per heavy atom. The van der Waals surface area contributed by atoms with E-state index in [1.807, 2.05) is 10.3 Å². The number of nitrogens with two attached hydrogens (primary N) is 1. The Hall–Kier alpha value is -0.310. The Labute approximate surface area is 124 Å². The summed E-state index contributed by atoms with van der Waals surface area (Å²) in [6.07, 6.45) is 2.87. The first kappa shape index (κ1) is 14.1. The first-order chi connectivity index (χ1) is 8.65. The van der Waals surface area contributed by atoms with Gasteiger partial charge in [0.25, 0.3) is 0 Å². The lowest BCUT2D eigenvalue weighted by molar-refractivity contribution is 0.298. The molecule has 1 aromatic heterocycles. The van der Waals surface area contributed by atoms with Crippen molar-refractivity contribution in [3.8, 4) is 0 Å². The van der Waals surface area contributed by atoms with Crippen LogP contribution in [0.3, 0.4) is 0 Å². The molecule has 4 nitrogen and oxygen atoms in total. The number of hydrogen-bond donors (Lipinski definition) is 1. The first-order valence-electron chi connectivity index (χ1n) is 5.78. The van der Waals surface area contributed by atoms with Gasteiger partial charge in [-0.05, 0) is 32.1 Å². The molecule has 1 atom stereocenters. The van der Waals surface area contributed by atoms with Crippen molar-refractivity contribution in [2.45, 2.75) is 12.5 Å². The van der Waals surface area contributed by atoms with Crippen LogP contribution < -0.4 is 5.73 Å². The molecule has 2 N–H and O–H groups in total. The summed E-state index contributed by atoms with van der Waals surface area (Å²) in [5.74, 6) is 0. The van der Waals surface area contributed by atoms with Gasteiger partial charge < -0.3 is 10.6 Å². The van der Waals surface area contributed by atoms with Crippen LogP contribution in [0.5, 0.6) is 0 Å². The second-order valence-electron chi connectivity index (χ2n) is 4.54. The molecule has 1 aromatic carbocycles. The number of fused-ring (bicyclic) bond motifs is 1. The van der Waals surface area contributed by atoms with Crippen molar-refractivity contribution in [1.29, 1.82) is 0 Å². The highest BCUT2D eigenvalue weighted by atomic mass is 127. The third-order valence-corrected chi connectivity index (χ3v) is 4.68. The summed E-state index contributed by atoms with van der Waals surface area (Å²) in [6, 6.07) is 6.88. The maximum absolute atomic E-state index is 5.81. The lowest BCUT2D eigenvalue weighted by Crippen LogP contribution is -2.36. The van der Waals surface area contributed by atoms with E-state index < -0.39 is 0 Å². The summed E-state index contributed by atoms with van der Waals surface area (Å²) >= 11 is 2.24. The molecule has 1 unspecified atom stereocenters. The Kier molecular flexibility index (Phi) is 4.88. The summed E-state index contributed by atoms with van der Waals surface area (Å²) in [5, 5.41) is 5.50. The summed E-state index contributed by atoms with van der Waals surface area (Å²) in [4.78, 5) is 2.18. The number of likely N-dealkylation sites (N-methyl/N-ethyl adjacent to an activating group) is 1. The predicted molar refractivity (Wildman–Crippen MR) is 87.0 cm³/mol. The van der Waals surface area contributed by atoms with Gasteiger partial charge in [-0.3, -0.25) is 0 Å². The zero-order valence-electron chi connectivity index (χ0n) is 10.5. The van der Waals surface area contributed by atoms with Crippen molar-refractivity contribution in [2.24, 2.45) is 5.73 Å². The zero-order valence-corrected chi connectivity index (χ0v) is 13.5. The van der Waals surface area contributed by atoms with Gasteiger partial charge in [-0.15, -0.1) is 0 Å². The van der Waals surface area contributed by atoms with Gasteiger partial charge in [-0.1, -0.05) is 12.1 Å². The summed E-state index contributed by atoms with van der Waals surface area (Å²) < 4.78 is 1.94. The van der Waals surface area contributed by atoms with Crippen LogP contribution in [-0.4, -0.2) is 40.8 Å². The first-order valence-corrected chi connectivity index (χ1v) is 9.09. The van der Waals surface area contributed by atoms with E-state index in [0.29, 0.717) is 12.6 Å². The molecule has 0 aliphatic heterocycles. The minimum Gasteiger partial charge on any atom is -0.329 e. The van der Waals surface area contributed by atoms with E-state index in [9.17, 15) is 0 Å². The lowest BCUT2D eigenvalue weighted by Gasteiger charge is -2.22. The molecule has 6 heteroatoms. The summed E-state index contributed by atoms with van der Waals surface area (Å²) in [7, 11) is 5.73. The van der Waals surface area contributed by atoms with Crippen LogP contribution in [0.4, 0.5) is 0 Å². The van der Waals surface area contributed by atoms with Gasteiger partial charge in [0.1, 0.15) is 0 Å². The topological polar surface area (TPSA) is 47.1 Å². The average Bonchev–Trinajstić information content (AvgIpc) is 2.77. The van der Waals surface area contributed by atoms with Crippen LogP contribution in [0, 0.1) is 0 Å². The highest BCUT2D eigenvalue weighted by Crippen LogP contribution is 2.24.